The monoisotopic (exact) mass is 375 g/mol. The van der Waals surface area contributed by atoms with Crippen molar-refractivity contribution in [3.63, 3.8) is 0 Å². The van der Waals surface area contributed by atoms with E-state index in [9.17, 15) is 4.79 Å². The normalized spacial score (nSPS) is 10.4. The van der Waals surface area contributed by atoms with Crippen molar-refractivity contribution < 1.29 is 9.53 Å². The van der Waals surface area contributed by atoms with E-state index in [-0.39, 0.29) is 5.91 Å². The molecule has 0 bridgehead atoms. The Morgan fingerprint density at radius 2 is 1.82 bits per heavy atom. The van der Waals surface area contributed by atoms with Crippen LogP contribution in [0.15, 0.2) is 73.1 Å². The molecule has 3 rings (SSSR count). The second kappa shape index (κ2) is 9.55. The summed E-state index contributed by atoms with van der Waals surface area (Å²) in [6.07, 6.45) is 4.22. The van der Waals surface area contributed by atoms with Crippen molar-refractivity contribution >= 4 is 17.3 Å². The van der Waals surface area contributed by atoms with E-state index in [1.807, 2.05) is 55.5 Å². The van der Waals surface area contributed by atoms with Crippen LogP contribution in [0.4, 0.5) is 11.4 Å². The summed E-state index contributed by atoms with van der Waals surface area (Å²) in [4.78, 5) is 18.9. The molecule has 2 aromatic carbocycles. The number of hydrogen-bond donors (Lipinski definition) is 1. The number of para-hydroxylation sites is 1. The molecule has 0 aliphatic rings. The van der Waals surface area contributed by atoms with Crippen molar-refractivity contribution in [2.45, 2.75) is 13.3 Å². The summed E-state index contributed by atoms with van der Waals surface area (Å²) in [6, 6.07) is 19.6. The summed E-state index contributed by atoms with van der Waals surface area (Å²) in [6.45, 7) is 3.31. The van der Waals surface area contributed by atoms with Crippen molar-refractivity contribution in [1.29, 1.82) is 0 Å². The summed E-state index contributed by atoms with van der Waals surface area (Å²) in [5, 5.41) is 3.35. The minimum absolute atomic E-state index is 0.0556. The fourth-order valence-corrected chi connectivity index (χ4v) is 3.00. The van der Waals surface area contributed by atoms with Gasteiger partial charge in [-0.15, -0.1) is 0 Å². The first-order valence-electron chi connectivity index (χ1n) is 9.40. The highest BCUT2D eigenvalue weighted by Gasteiger charge is 2.16. The Bertz CT molecular complexity index is 895. The second-order valence-corrected chi connectivity index (χ2v) is 6.37. The summed E-state index contributed by atoms with van der Waals surface area (Å²) in [7, 11) is 1.66. The molecule has 1 aromatic heterocycles. The predicted octanol–water partition coefficient (Wildman–Crippen LogP) is 4.41. The molecule has 0 aliphatic carbocycles. The van der Waals surface area contributed by atoms with E-state index >= 15 is 0 Å². The molecular formula is C23H25N3O2. The molecular weight excluding hydrogens is 350 g/mol. The van der Waals surface area contributed by atoms with Crippen LogP contribution in [-0.2, 0) is 6.42 Å². The van der Waals surface area contributed by atoms with Crippen molar-refractivity contribution in [1.82, 2.24) is 4.98 Å². The molecule has 0 unspecified atom stereocenters. The van der Waals surface area contributed by atoms with Crippen LogP contribution in [-0.4, -0.2) is 31.1 Å². The number of pyridine rings is 1. The Morgan fingerprint density at radius 1 is 1.07 bits per heavy atom. The van der Waals surface area contributed by atoms with Crippen LogP contribution in [0.25, 0.3) is 0 Å². The van der Waals surface area contributed by atoms with Crippen LogP contribution in [0, 0.1) is 0 Å². The number of aromatic nitrogens is 1. The average molecular weight is 375 g/mol. The molecule has 0 aliphatic heterocycles. The van der Waals surface area contributed by atoms with Gasteiger partial charge in [-0.3, -0.25) is 9.78 Å². The molecule has 1 amide bonds. The molecule has 5 heteroatoms. The van der Waals surface area contributed by atoms with E-state index in [4.69, 9.17) is 4.74 Å². The molecule has 3 aromatic rings. The maximum absolute atomic E-state index is 12.9. The van der Waals surface area contributed by atoms with Gasteiger partial charge in [-0.05, 0) is 49.2 Å². The number of carbonyl (C=O) groups is 1. The lowest BCUT2D eigenvalue weighted by molar-refractivity contribution is 0.0988. The molecule has 28 heavy (non-hydrogen) atoms. The van der Waals surface area contributed by atoms with E-state index in [1.165, 1.54) is 5.56 Å². The third-order valence-corrected chi connectivity index (χ3v) is 4.52. The molecule has 1 heterocycles. The van der Waals surface area contributed by atoms with Gasteiger partial charge in [0.25, 0.3) is 5.91 Å². The van der Waals surface area contributed by atoms with Crippen LogP contribution < -0.4 is 15.0 Å². The smallest absolute Gasteiger partial charge is 0.259 e. The van der Waals surface area contributed by atoms with Gasteiger partial charge in [0, 0.05) is 31.2 Å². The zero-order chi connectivity index (χ0) is 19.8. The lowest BCUT2D eigenvalue weighted by atomic mass is 10.1. The molecule has 1 N–H and O–H groups in total. The van der Waals surface area contributed by atoms with Gasteiger partial charge in [0.15, 0.2) is 0 Å². The number of methoxy groups -OCH3 is 1. The second-order valence-electron chi connectivity index (χ2n) is 6.37. The van der Waals surface area contributed by atoms with E-state index in [2.05, 4.69) is 22.4 Å². The topological polar surface area (TPSA) is 54.5 Å². The van der Waals surface area contributed by atoms with Gasteiger partial charge in [0.05, 0.1) is 18.4 Å². The first-order chi connectivity index (χ1) is 13.7. The first kappa shape index (κ1) is 19.4. The third-order valence-electron chi connectivity index (χ3n) is 4.52. The van der Waals surface area contributed by atoms with Crippen LogP contribution in [0.5, 0.6) is 5.75 Å². The molecule has 0 saturated heterocycles. The van der Waals surface area contributed by atoms with Crippen LogP contribution in [0.1, 0.15) is 22.8 Å². The van der Waals surface area contributed by atoms with Gasteiger partial charge in [0.2, 0.25) is 0 Å². The molecule has 0 spiro atoms. The average Bonchev–Trinajstić information content (AvgIpc) is 2.76. The summed E-state index contributed by atoms with van der Waals surface area (Å²) < 4.78 is 5.18. The molecule has 0 atom stereocenters. The number of carbonyl (C=O) groups excluding carboxylic acids is 1. The quantitative estimate of drug-likeness (QED) is 0.634. The van der Waals surface area contributed by atoms with Crippen molar-refractivity contribution in [3.8, 4) is 5.75 Å². The zero-order valence-electron chi connectivity index (χ0n) is 16.3. The fraction of sp³-hybridized carbons (Fsp3) is 0.217. The minimum atomic E-state index is -0.0556. The van der Waals surface area contributed by atoms with E-state index in [0.29, 0.717) is 12.1 Å². The Kier molecular flexibility index (Phi) is 6.63. The van der Waals surface area contributed by atoms with Crippen LogP contribution in [0.2, 0.25) is 0 Å². The Hall–Kier alpha value is -3.34. The number of ether oxygens (including phenoxy) is 1. The predicted molar refractivity (Wildman–Crippen MR) is 113 cm³/mol. The van der Waals surface area contributed by atoms with Gasteiger partial charge in [-0.25, -0.2) is 0 Å². The fourth-order valence-electron chi connectivity index (χ4n) is 3.00. The van der Waals surface area contributed by atoms with E-state index in [0.717, 1.165) is 30.1 Å². The number of amides is 1. The molecule has 0 radical (unpaired) electrons. The van der Waals surface area contributed by atoms with Crippen molar-refractivity contribution in [2.75, 3.05) is 30.4 Å². The Balaban J connectivity index is 1.63. The zero-order valence-corrected chi connectivity index (χ0v) is 16.3. The summed E-state index contributed by atoms with van der Waals surface area (Å²) in [5.41, 5.74) is 3.51. The standard InChI is InChI=1S/C23H25N3O2/c1-3-26(21-7-5-4-6-8-21)23(27)19-15-20(17-24-16-19)25-14-13-18-9-11-22(28-2)12-10-18/h4-12,15-17,25H,3,13-14H2,1-2H3. The lowest BCUT2D eigenvalue weighted by Crippen LogP contribution is -2.30. The van der Waals surface area contributed by atoms with Gasteiger partial charge in [0.1, 0.15) is 5.75 Å². The SMILES string of the molecule is CCN(C(=O)c1cncc(NCCc2ccc(OC)cc2)c1)c1ccccc1. The number of hydrogen-bond acceptors (Lipinski definition) is 4. The summed E-state index contributed by atoms with van der Waals surface area (Å²) in [5.74, 6) is 0.797. The Labute approximate surface area is 166 Å². The number of benzene rings is 2. The van der Waals surface area contributed by atoms with E-state index in [1.54, 1.807) is 24.4 Å². The largest absolute Gasteiger partial charge is 0.497 e. The maximum Gasteiger partial charge on any atom is 0.259 e. The summed E-state index contributed by atoms with van der Waals surface area (Å²) >= 11 is 0. The first-order valence-corrected chi connectivity index (χ1v) is 9.40. The highest BCUT2D eigenvalue weighted by atomic mass is 16.5. The van der Waals surface area contributed by atoms with Gasteiger partial charge < -0.3 is 15.0 Å². The van der Waals surface area contributed by atoms with E-state index < -0.39 is 0 Å². The Morgan fingerprint density at radius 3 is 2.50 bits per heavy atom. The van der Waals surface area contributed by atoms with Gasteiger partial charge >= 0.3 is 0 Å². The molecule has 0 saturated carbocycles. The highest BCUT2D eigenvalue weighted by Crippen LogP contribution is 2.18. The van der Waals surface area contributed by atoms with Crippen LogP contribution in [0.3, 0.4) is 0 Å². The minimum Gasteiger partial charge on any atom is -0.497 e. The number of nitrogens with zero attached hydrogens (tertiary/aromatic N) is 2. The number of rotatable bonds is 8. The van der Waals surface area contributed by atoms with Gasteiger partial charge in [-0.1, -0.05) is 30.3 Å². The molecule has 5 nitrogen and oxygen atoms in total. The molecule has 0 fully saturated rings. The molecule has 144 valence electrons. The maximum atomic E-state index is 12.9. The number of anilines is 2. The lowest BCUT2D eigenvalue weighted by Gasteiger charge is -2.21. The third kappa shape index (κ3) is 4.88. The van der Waals surface area contributed by atoms with Crippen molar-refractivity contribution in [3.05, 3.63) is 84.2 Å². The van der Waals surface area contributed by atoms with Gasteiger partial charge in [-0.2, -0.15) is 0 Å². The number of nitrogens with one attached hydrogen (secondary N) is 1. The van der Waals surface area contributed by atoms with Crippen LogP contribution >= 0.6 is 0 Å². The van der Waals surface area contributed by atoms with Crippen molar-refractivity contribution in [2.24, 2.45) is 0 Å². The highest BCUT2D eigenvalue weighted by molar-refractivity contribution is 6.06.